The molecule has 4 rings (SSSR count). The summed E-state index contributed by atoms with van der Waals surface area (Å²) in [4.78, 5) is 11.4. The van der Waals surface area contributed by atoms with Crippen LogP contribution in [0.2, 0.25) is 0 Å². The third-order valence-electron chi connectivity index (χ3n) is 5.29. The Morgan fingerprint density at radius 3 is 2.48 bits per heavy atom. The predicted molar refractivity (Wildman–Crippen MR) is 81.4 cm³/mol. The summed E-state index contributed by atoms with van der Waals surface area (Å²) >= 11 is 0. The first-order chi connectivity index (χ1) is 11.8. The number of para-hydroxylation sites is 2. The number of ether oxygens (including phenoxy) is 1. The Balaban J connectivity index is 1.74. The molecule has 0 aliphatic carbocycles. The van der Waals surface area contributed by atoms with E-state index < -0.39 is 35.6 Å². The lowest BCUT2D eigenvalue weighted by Crippen LogP contribution is -2.67. The molecule has 1 amide bonds. The highest BCUT2D eigenvalue weighted by Gasteiger charge is 2.65. The smallest absolute Gasteiger partial charge is 0.478 e. The van der Waals surface area contributed by atoms with E-state index in [0.29, 0.717) is 5.75 Å². The van der Waals surface area contributed by atoms with Crippen LogP contribution in [0.3, 0.4) is 0 Å². The van der Waals surface area contributed by atoms with Crippen molar-refractivity contribution >= 4 is 6.09 Å². The Bertz CT molecular complexity index is 836. The fraction of sp³-hybridized carbons (Fsp3) is 0.353. The minimum Gasteiger partial charge on any atom is -0.478 e. The van der Waals surface area contributed by atoms with Crippen LogP contribution in [0, 0.1) is 0 Å². The molecule has 3 heterocycles. The Morgan fingerprint density at radius 1 is 1.16 bits per heavy atom. The van der Waals surface area contributed by atoms with Crippen LogP contribution in [0.25, 0.3) is 5.69 Å². The zero-order valence-corrected chi connectivity index (χ0v) is 13.2. The van der Waals surface area contributed by atoms with E-state index in [0.717, 1.165) is 11.4 Å². The Morgan fingerprint density at radius 2 is 1.84 bits per heavy atom. The number of aromatic nitrogens is 1. The first-order valence-electron chi connectivity index (χ1n) is 7.93. The van der Waals surface area contributed by atoms with Gasteiger partial charge >= 0.3 is 12.4 Å². The van der Waals surface area contributed by atoms with Gasteiger partial charge in [-0.05, 0) is 24.3 Å². The van der Waals surface area contributed by atoms with E-state index in [-0.39, 0.29) is 12.8 Å². The van der Waals surface area contributed by atoms with Crippen LogP contribution in [-0.4, -0.2) is 39.6 Å². The molecule has 132 valence electrons. The van der Waals surface area contributed by atoms with Gasteiger partial charge in [-0.3, -0.25) is 0 Å². The van der Waals surface area contributed by atoms with Gasteiger partial charge in [0.25, 0.3) is 0 Å². The molecule has 1 N–H and O–H groups in total. The average Bonchev–Trinajstić information content (AvgIpc) is 3.05. The topological polar surface area (TPSA) is 51.5 Å². The third-order valence-corrected chi connectivity index (χ3v) is 5.29. The monoisotopic (exact) mass is 353 g/mol. The number of quaternary nitrogens is 1. The van der Waals surface area contributed by atoms with Gasteiger partial charge < -0.3 is 14.4 Å². The number of carboxylic acid groups (broad SMARTS) is 1. The van der Waals surface area contributed by atoms with Gasteiger partial charge in [0.05, 0.1) is 11.4 Å². The second-order valence-corrected chi connectivity index (χ2v) is 6.49. The van der Waals surface area contributed by atoms with Crippen LogP contribution in [0.1, 0.15) is 18.5 Å². The molecule has 1 aromatic carbocycles. The van der Waals surface area contributed by atoms with E-state index in [1.54, 1.807) is 12.1 Å². The molecule has 0 saturated carbocycles. The number of hydrogen-bond acceptors (Lipinski definition) is 2. The summed E-state index contributed by atoms with van der Waals surface area (Å²) in [5.74, 6) is 0.591. The average molecular weight is 353 g/mol. The van der Waals surface area contributed by atoms with Crippen LogP contribution in [0.4, 0.5) is 18.0 Å². The van der Waals surface area contributed by atoms with E-state index in [9.17, 15) is 23.1 Å². The van der Waals surface area contributed by atoms with Gasteiger partial charge in [-0.25, -0.2) is 0 Å². The number of halogens is 3. The molecule has 2 aliphatic rings. The summed E-state index contributed by atoms with van der Waals surface area (Å²) in [5.41, 5.74) is 0.644. The van der Waals surface area contributed by atoms with Gasteiger partial charge in [-0.2, -0.15) is 4.79 Å². The molecule has 0 radical (unpaired) electrons. The van der Waals surface area contributed by atoms with Crippen LogP contribution in [-0.2, 0) is 5.60 Å². The van der Waals surface area contributed by atoms with Crippen molar-refractivity contribution in [2.45, 2.75) is 24.7 Å². The maximum atomic E-state index is 13.4. The molecule has 0 atom stereocenters. The number of piperidine rings is 1. The summed E-state index contributed by atoms with van der Waals surface area (Å²) < 4.78 is 46.4. The summed E-state index contributed by atoms with van der Waals surface area (Å²) in [6, 6.07) is 11.0. The molecule has 1 saturated heterocycles. The maximum Gasteiger partial charge on any atom is 0.571 e. The van der Waals surface area contributed by atoms with E-state index in [1.807, 2.05) is 35.0 Å². The number of likely N-dealkylation sites (tertiary alicyclic amines) is 1. The van der Waals surface area contributed by atoms with Gasteiger partial charge in [0.15, 0.2) is 5.60 Å². The lowest BCUT2D eigenvalue weighted by Gasteiger charge is -2.46. The quantitative estimate of drug-likeness (QED) is 0.578. The highest BCUT2D eigenvalue weighted by molar-refractivity contribution is 5.57. The van der Waals surface area contributed by atoms with Crippen molar-refractivity contribution in [2.75, 3.05) is 13.1 Å². The third kappa shape index (κ3) is 2.10. The number of rotatable bonds is 0. The largest absolute Gasteiger partial charge is 0.571 e. The molecule has 1 fully saturated rings. The van der Waals surface area contributed by atoms with Gasteiger partial charge in [0.2, 0.25) is 0 Å². The lowest BCUT2D eigenvalue weighted by molar-refractivity contribution is -0.972. The standard InChI is InChI=1S/C17H15F3N2O3/c18-17(19,20)22(15(23)24)10-7-16(8-11-22)14-6-3-9-21(14)12-4-1-2-5-13(12)25-16/h1-6,9H,7-8,10-11H2/p+1. The van der Waals surface area contributed by atoms with Crippen LogP contribution < -0.4 is 4.74 Å². The van der Waals surface area contributed by atoms with Crippen molar-refractivity contribution < 1.29 is 32.3 Å². The van der Waals surface area contributed by atoms with Gasteiger partial charge in [0.1, 0.15) is 18.8 Å². The number of benzene rings is 1. The summed E-state index contributed by atoms with van der Waals surface area (Å²) in [6.45, 7) is -1.13. The summed E-state index contributed by atoms with van der Waals surface area (Å²) in [7, 11) is 0. The Kier molecular flexibility index (Phi) is 3.21. The second kappa shape index (κ2) is 5.01. The minimum atomic E-state index is -4.85. The lowest BCUT2D eigenvalue weighted by atomic mass is 9.85. The Labute approximate surface area is 141 Å². The van der Waals surface area contributed by atoms with Crippen molar-refractivity contribution in [1.82, 2.24) is 4.57 Å². The van der Waals surface area contributed by atoms with Crippen molar-refractivity contribution in [3.8, 4) is 11.4 Å². The SMILES string of the molecule is O=C(O)[N+]1(C(F)(F)F)CCC2(CC1)Oc1ccccc1-n1cccc12. The number of alkyl halides is 3. The Hall–Kier alpha value is -2.48. The highest BCUT2D eigenvalue weighted by atomic mass is 19.4. The second-order valence-electron chi connectivity index (χ2n) is 6.49. The number of hydrogen-bond donors (Lipinski definition) is 1. The van der Waals surface area contributed by atoms with Crippen molar-refractivity contribution in [3.63, 3.8) is 0 Å². The van der Waals surface area contributed by atoms with Crippen molar-refractivity contribution in [1.29, 1.82) is 0 Å². The van der Waals surface area contributed by atoms with Crippen LogP contribution in [0.5, 0.6) is 5.75 Å². The molecule has 0 bridgehead atoms. The molecule has 2 aromatic rings. The van der Waals surface area contributed by atoms with Crippen LogP contribution >= 0.6 is 0 Å². The number of carbonyl (C=O) groups is 1. The normalized spacial score (nSPS) is 28.1. The molecule has 8 heteroatoms. The molecule has 0 unspecified atom stereocenters. The molecule has 1 aromatic heterocycles. The number of fused-ring (bicyclic) bond motifs is 4. The highest BCUT2D eigenvalue weighted by Crippen LogP contribution is 2.48. The zero-order chi connectivity index (χ0) is 17.9. The van der Waals surface area contributed by atoms with Gasteiger partial charge in [0, 0.05) is 19.0 Å². The summed E-state index contributed by atoms with van der Waals surface area (Å²) in [6.07, 6.45) is -4.93. The van der Waals surface area contributed by atoms with E-state index in [4.69, 9.17) is 4.74 Å². The van der Waals surface area contributed by atoms with Gasteiger partial charge in [-0.1, -0.05) is 12.1 Å². The van der Waals surface area contributed by atoms with Gasteiger partial charge in [-0.15, -0.1) is 17.7 Å². The molecule has 5 nitrogen and oxygen atoms in total. The molecule has 25 heavy (non-hydrogen) atoms. The number of amides is 1. The molecular weight excluding hydrogens is 337 g/mol. The maximum absolute atomic E-state index is 13.4. The first-order valence-corrected chi connectivity index (χ1v) is 7.93. The van der Waals surface area contributed by atoms with Crippen molar-refractivity contribution in [2.24, 2.45) is 0 Å². The van der Waals surface area contributed by atoms with E-state index in [1.165, 1.54) is 0 Å². The van der Waals surface area contributed by atoms with Crippen molar-refractivity contribution in [3.05, 3.63) is 48.3 Å². The minimum absolute atomic E-state index is 0.0306. The van der Waals surface area contributed by atoms with E-state index >= 15 is 0 Å². The van der Waals surface area contributed by atoms with E-state index in [2.05, 4.69) is 0 Å². The molecular formula is C17H16F3N2O3+. The summed E-state index contributed by atoms with van der Waals surface area (Å²) in [5, 5.41) is 9.23. The molecule has 1 spiro atoms. The van der Waals surface area contributed by atoms with Crippen LogP contribution in [0.15, 0.2) is 42.6 Å². The first kappa shape index (κ1) is 16.0. The fourth-order valence-corrected chi connectivity index (χ4v) is 3.86. The zero-order valence-electron chi connectivity index (χ0n) is 13.2. The fourth-order valence-electron chi connectivity index (χ4n) is 3.86. The molecule has 2 aliphatic heterocycles. The predicted octanol–water partition coefficient (Wildman–Crippen LogP) is 3.87. The number of nitrogens with zero attached hydrogens (tertiary/aromatic N) is 2.